The van der Waals surface area contributed by atoms with Crippen molar-refractivity contribution in [3.8, 4) is 0 Å². The first kappa shape index (κ1) is 10.2. The third kappa shape index (κ3) is 1.45. The van der Waals surface area contributed by atoms with E-state index in [1.165, 1.54) is 10.6 Å². The molecular weight excluding hydrogens is 216 g/mol. The van der Waals surface area contributed by atoms with Gasteiger partial charge in [-0.25, -0.2) is 0 Å². The first-order valence-electron chi connectivity index (χ1n) is 4.66. The first-order valence-corrected chi connectivity index (χ1v) is 5.04. The predicted molar refractivity (Wildman–Crippen MR) is 57.4 cm³/mol. The van der Waals surface area contributed by atoms with Gasteiger partial charge in [-0.2, -0.15) is 0 Å². The minimum absolute atomic E-state index is 0.114. The molecule has 0 N–H and O–H groups in total. The topological polar surface area (TPSA) is 42.3 Å². The molecule has 0 aromatic carbocycles. The summed E-state index contributed by atoms with van der Waals surface area (Å²) in [5.74, 6) is -0.114. The molecule has 1 aliphatic heterocycles. The Labute approximate surface area is 92.1 Å². The molecule has 4 nitrogen and oxygen atoms in total. The van der Waals surface area contributed by atoms with Crippen molar-refractivity contribution in [1.29, 1.82) is 0 Å². The second-order valence-corrected chi connectivity index (χ2v) is 4.07. The maximum atomic E-state index is 11.8. The number of pyridine rings is 1. The lowest BCUT2D eigenvalue weighted by Crippen LogP contribution is -2.36. The average Bonchev–Trinajstić information content (AvgIpc) is 2.20. The fourth-order valence-corrected chi connectivity index (χ4v) is 2.00. The number of carbonyl (C=O) groups is 1. The van der Waals surface area contributed by atoms with Crippen LogP contribution in [0.25, 0.3) is 0 Å². The van der Waals surface area contributed by atoms with E-state index in [0.717, 1.165) is 5.56 Å². The molecular formula is C10H11ClN2O2. The van der Waals surface area contributed by atoms with Crippen molar-refractivity contribution in [1.82, 2.24) is 9.47 Å². The van der Waals surface area contributed by atoms with Gasteiger partial charge in [0.05, 0.1) is 5.56 Å². The zero-order chi connectivity index (χ0) is 11.2. The van der Waals surface area contributed by atoms with Gasteiger partial charge in [0.2, 0.25) is 0 Å². The van der Waals surface area contributed by atoms with E-state index in [2.05, 4.69) is 0 Å². The Morgan fingerprint density at radius 2 is 2.00 bits per heavy atom. The van der Waals surface area contributed by atoms with E-state index in [9.17, 15) is 9.59 Å². The second-order valence-electron chi connectivity index (χ2n) is 3.71. The summed E-state index contributed by atoms with van der Waals surface area (Å²) in [6.07, 6.45) is 0.688. The smallest absolute Gasteiger partial charge is 0.256 e. The molecule has 1 amide bonds. The summed E-state index contributed by atoms with van der Waals surface area (Å²) in [6, 6.07) is 1.49. The van der Waals surface area contributed by atoms with Crippen molar-refractivity contribution in [2.75, 3.05) is 13.6 Å². The number of halogens is 1. The van der Waals surface area contributed by atoms with Gasteiger partial charge in [0.1, 0.15) is 5.15 Å². The minimum Gasteiger partial charge on any atom is -0.341 e. The van der Waals surface area contributed by atoms with Crippen molar-refractivity contribution < 1.29 is 4.79 Å². The molecule has 5 heteroatoms. The van der Waals surface area contributed by atoms with Crippen LogP contribution >= 0.6 is 11.6 Å². The second kappa shape index (κ2) is 3.38. The lowest BCUT2D eigenvalue weighted by Gasteiger charge is -2.25. The van der Waals surface area contributed by atoms with E-state index in [1.54, 1.807) is 19.0 Å². The number of nitrogens with zero attached hydrogens (tertiary/aromatic N) is 2. The molecule has 0 radical (unpaired) electrons. The van der Waals surface area contributed by atoms with Crippen molar-refractivity contribution in [3.63, 3.8) is 0 Å². The van der Waals surface area contributed by atoms with Gasteiger partial charge in [-0.05, 0) is 12.0 Å². The van der Waals surface area contributed by atoms with E-state index < -0.39 is 0 Å². The molecule has 2 heterocycles. The Morgan fingerprint density at radius 3 is 2.67 bits per heavy atom. The van der Waals surface area contributed by atoms with Gasteiger partial charge in [-0.15, -0.1) is 0 Å². The van der Waals surface area contributed by atoms with Crippen LogP contribution in [0, 0.1) is 0 Å². The number of carbonyl (C=O) groups excluding carboxylic acids is 1. The van der Waals surface area contributed by atoms with Gasteiger partial charge in [0, 0.05) is 26.7 Å². The molecule has 1 aromatic heterocycles. The predicted octanol–water partition coefficient (Wildman–Crippen LogP) is 0.667. The SMILES string of the molecule is CN1CCc2cc(=O)n(C)c(Cl)c2C1=O. The molecule has 0 saturated carbocycles. The van der Waals surface area contributed by atoms with Gasteiger partial charge < -0.3 is 9.47 Å². The molecule has 0 aliphatic carbocycles. The molecule has 15 heavy (non-hydrogen) atoms. The first-order chi connectivity index (χ1) is 7.02. The van der Waals surface area contributed by atoms with Crippen LogP contribution in [0.15, 0.2) is 10.9 Å². The number of fused-ring (bicyclic) bond motifs is 1. The summed E-state index contributed by atoms with van der Waals surface area (Å²) in [7, 11) is 3.29. The van der Waals surface area contributed by atoms with Gasteiger partial charge in [0.25, 0.3) is 11.5 Å². The minimum atomic E-state index is -0.170. The van der Waals surface area contributed by atoms with Crippen LogP contribution in [-0.2, 0) is 13.5 Å². The average molecular weight is 227 g/mol. The fraction of sp³-hybridized carbons (Fsp3) is 0.400. The third-order valence-electron chi connectivity index (χ3n) is 2.73. The largest absolute Gasteiger partial charge is 0.341 e. The van der Waals surface area contributed by atoms with Gasteiger partial charge in [-0.3, -0.25) is 9.59 Å². The Hall–Kier alpha value is -1.29. The number of likely N-dealkylation sites (N-methyl/N-ethyl adjacent to an activating group) is 1. The zero-order valence-electron chi connectivity index (χ0n) is 8.58. The van der Waals surface area contributed by atoms with E-state index in [-0.39, 0.29) is 16.6 Å². The summed E-state index contributed by atoms with van der Waals surface area (Å²) in [6.45, 7) is 0.634. The van der Waals surface area contributed by atoms with Crippen molar-refractivity contribution >= 4 is 17.5 Å². The fourth-order valence-electron chi connectivity index (χ4n) is 1.72. The lowest BCUT2D eigenvalue weighted by molar-refractivity contribution is 0.0780. The number of hydrogen-bond acceptors (Lipinski definition) is 2. The highest BCUT2D eigenvalue weighted by molar-refractivity contribution is 6.33. The molecule has 1 aliphatic rings. The summed E-state index contributed by atoms with van der Waals surface area (Å²) in [4.78, 5) is 24.9. The highest BCUT2D eigenvalue weighted by atomic mass is 35.5. The Morgan fingerprint density at radius 1 is 1.33 bits per heavy atom. The highest BCUT2D eigenvalue weighted by Gasteiger charge is 2.26. The Bertz CT molecular complexity index is 493. The van der Waals surface area contributed by atoms with Gasteiger partial charge >= 0.3 is 0 Å². The summed E-state index contributed by atoms with van der Waals surface area (Å²) >= 11 is 5.99. The highest BCUT2D eigenvalue weighted by Crippen LogP contribution is 2.23. The molecule has 0 bridgehead atoms. The van der Waals surface area contributed by atoms with Crippen LogP contribution in [0.2, 0.25) is 5.15 Å². The standard InChI is InChI=1S/C10H11ClN2O2/c1-12-4-3-6-5-7(14)13(2)9(11)8(6)10(12)15/h5H,3-4H2,1-2H3. The van der Waals surface area contributed by atoms with Crippen LogP contribution in [0.4, 0.5) is 0 Å². The zero-order valence-corrected chi connectivity index (χ0v) is 9.34. The van der Waals surface area contributed by atoms with E-state index in [4.69, 9.17) is 11.6 Å². The number of aromatic nitrogens is 1. The number of amides is 1. The Balaban J connectivity index is 2.73. The van der Waals surface area contributed by atoms with Crippen LogP contribution in [0.3, 0.4) is 0 Å². The quantitative estimate of drug-likeness (QED) is 0.610. The number of rotatable bonds is 0. The molecule has 0 unspecified atom stereocenters. The third-order valence-corrected chi connectivity index (χ3v) is 3.17. The van der Waals surface area contributed by atoms with Crippen molar-refractivity contribution in [2.24, 2.45) is 7.05 Å². The van der Waals surface area contributed by atoms with Crippen LogP contribution < -0.4 is 5.56 Å². The molecule has 80 valence electrons. The van der Waals surface area contributed by atoms with Crippen LogP contribution in [0.1, 0.15) is 15.9 Å². The molecule has 0 atom stereocenters. The summed E-state index contributed by atoms with van der Waals surface area (Å²) in [5.41, 5.74) is 1.05. The van der Waals surface area contributed by atoms with E-state index in [1.807, 2.05) is 0 Å². The molecule has 2 rings (SSSR count). The summed E-state index contributed by atoms with van der Waals surface area (Å²) < 4.78 is 1.29. The van der Waals surface area contributed by atoms with E-state index >= 15 is 0 Å². The molecule has 0 spiro atoms. The molecule has 1 aromatic rings. The van der Waals surface area contributed by atoms with E-state index in [0.29, 0.717) is 18.5 Å². The van der Waals surface area contributed by atoms with Crippen molar-refractivity contribution in [2.45, 2.75) is 6.42 Å². The molecule has 0 fully saturated rings. The van der Waals surface area contributed by atoms with Crippen molar-refractivity contribution in [3.05, 3.63) is 32.7 Å². The summed E-state index contributed by atoms with van der Waals surface area (Å²) in [5, 5.41) is 0.231. The van der Waals surface area contributed by atoms with Gasteiger partial charge in [-0.1, -0.05) is 11.6 Å². The molecule has 0 saturated heterocycles. The maximum absolute atomic E-state index is 11.8. The maximum Gasteiger partial charge on any atom is 0.256 e. The van der Waals surface area contributed by atoms with Gasteiger partial charge in [0.15, 0.2) is 0 Å². The monoisotopic (exact) mass is 226 g/mol. The number of hydrogen-bond donors (Lipinski definition) is 0. The Kier molecular flexibility index (Phi) is 2.31. The van der Waals surface area contributed by atoms with Crippen LogP contribution in [-0.4, -0.2) is 29.0 Å². The van der Waals surface area contributed by atoms with Crippen LogP contribution in [0.5, 0.6) is 0 Å². The normalized spacial score (nSPS) is 15.4. The lowest BCUT2D eigenvalue weighted by atomic mass is 10.0.